The minimum atomic E-state index is -3.84. The van der Waals surface area contributed by atoms with E-state index in [1.807, 2.05) is 0 Å². The first-order chi connectivity index (χ1) is 9.78. The van der Waals surface area contributed by atoms with E-state index in [1.54, 1.807) is 0 Å². The first-order valence-corrected chi connectivity index (χ1v) is 8.46. The summed E-state index contributed by atoms with van der Waals surface area (Å²) in [5.41, 5.74) is 4.36. The maximum Gasteiger partial charge on any atom is 0.241 e. The lowest BCUT2D eigenvalue weighted by Crippen LogP contribution is -2.53. The third-order valence-electron chi connectivity index (χ3n) is 4.16. The lowest BCUT2D eigenvalue weighted by atomic mass is 9.78. The molecule has 0 heterocycles. The van der Waals surface area contributed by atoms with Crippen molar-refractivity contribution in [2.24, 2.45) is 5.92 Å². The van der Waals surface area contributed by atoms with Gasteiger partial charge in [-0.1, -0.05) is 6.92 Å². The predicted molar refractivity (Wildman–Crippen MR) is 78.6 cm³/mol. The van der Waals surface area contributed by atoms with Crippen LogP contribution in [-0.2, 0) is 10.0 Å². The van der Waals surface area contributed by atoms with Gasteiger partial charge < -0.3 is 10.8 Å². The summed E-state index contributed by atoms with van der Waals surface area (Å²) in [4.78, 5) is -0.0900. The van der Waals surface area contributed by atoms with Gasteiger partial charge in [0.15, 0.2) is 0 Å². The fourth-order valence-corrected chi connectivity index (χ4v) is 4.13. The molecule has 0 spiro atoms. The number of halogens is 1. The summed E-state index contributed by atoms with van der Waals surface area (Å²) in [6.07, 6.45) is 2.88. The highest BCUT2D eigenvalue weighted by atomic mass is 32.2. The Labute approximate surface area is 124 Å². The zero-order valence-electron chi connectivity index (χ0n) is 12.0. The van der Waals surface area contributed by atoms with Gasteiger partial charge in [-0.25, -0.2) is 17.5 Å². The van der Waals surface area contributed by atoms with Gasteiger partial charge in [-0.15, -0.1) is 0 Å². The summed E-state index contributed by atoms with van der Waals surface area (Å²) < 4.78 is 40.6. The summed E-state index contributed by atoms with van der Waals surface area (Å²) in [5, 5.41) is 9.63. The topological polar surface area (TPSA) is 92.4 Å². The largest absolute Gasteiger partial charge is 0.396 e. The van der Waals surface area contributed by atoms with Gasteiger partial charge in [-0.2, -0.15) is 0 Å². The Balaban J connectivity index is 2.25. The Morgan fingerprint density at radius 1 is 1.43 bits per heavy atom. The molecule has 1 aromatic carbocycles. The molecular formula is C14H21FN2O3S. The van der Waals surface area contributed by atoms with Crippen molar-refractivity contribution in [3.63, 3.8) is 0 Å². The van der Waals surface area contributed by atoms with Gasteiger partial charge in [0.25, 0.3) is 0 Å². The van der Waals surface area contributed by atoms with Crippen molar-refractivity contribution in [2.45, 2.75) is 43.0 Å². The third-order valence-corrected chi connectivity index (χ3v) is 5.74. The highest BCUT2D eigenvalue weighted by molar-refractivity contribution is 7.89. The fourth-order valence-electron chi connectivity index (χ4n) is 2.64. The van der Waals surface area contributed by atoms with Crippen LogP contribution < -0.4 is 10.5 Å². The number of hydrogen-bond donors (Lipinski definition) is 3. The van der Waals surface area contributed by atoms with Crippen LogP contribution in [0.25, 0.3) is 0 Å². The predicted octanol–water partition coefficient (Wildman–Crippen LogP) is 1.63. The van der Waals surface area contributed by atoms with Crippen molar-refractivity contribution >= 4 is 15.7 Å². The van der Waals surface area contributed by atoms with E-state index in [9.17, 15) is 17.9 Å². The van der Waals surface area contributed by atoms with E-state index in [-0.39, 0.29) is 17.2 Å². The second kappa shape index (κ2) is 5.90. The maximum atomic E-state index is 13.1. The average molecular weight is 316 g/mol. The summed E-state index contributed by atoms with van der Waals surface area (Å²) in [6.45, 7) is 1.85. The molecule has 0 amide bonds. The van der Waals surface area contributed by atoms with Crippen molar-refractivity contribution < 1.29 is 17.9 Å². The van der Waals surface area contributed by atoms with Crippen LogP contribution in [-0.4, -0.2) is 25.7 Å². The molecule has 21 heavy (non-hydrogen) atoms. The molecule has 5 nitrogen and oxygen atoms in total. The van der Waals surface area contributed by atoms with E-state index in [0.717, 1.165) is 25.0 Å². The average Bonchev–Trinajstić information content (AvgIpc) is 2.44. The molecular weight excluding hydrogens is 295 g/mol. The summed E-state index contributed by atoms with van der Waals surface area (Å²) in [5.74, 6) is -0.132. The molecule has 0 atom stereocenters. The Morgan fingerprint density at radius 3 is 2.57 bits per heavy atom. The fraction of sp³-hybridized carbons (Fsp3) is 0.571. The van der Waals surface area contributed by atoms with E-state index in [0.29, 0.717) is 18.8 Å². The van der Waals surface area contributed by atoms with Gasteiger partial charge in [-0.05, 0) is 49.8 Å². The molecule has 0 aromatic heterocycles. The van der Waals surface area contributed by atoms with Crippen LogP contribution in [0.5, 0.6) is 0 Å². The van der Waals surface area contributed by atoms with Crippen LogP contribution in [0, 0.1) is 11.7 Å². The number of anilines is 1. The summed E-state index contributed by atoms with van der Waals surface area (Å²) in [6, 6.07) is 3.29. The number of nitrogens with two attached hydrogens (primary N) is 1. The van der Waals surface area contributed by atoms with E-state index >= 15 is 0 Å². The number of nitrogen functional groups attached to an aromatic ring is 1. The van der Waals surface area contributed by atoms with Gasteiger partial charge in [0.05, 0.1) is 22.7 Å². The Morgan fingerprint density at radius 2 is 2.05 bits per heavy atom. The van der Waals surface area contributed by atoms with Gasteiger partial charge in [0.2, 0.25) is 10.0 Å². The van der Waals surface area contributed by atoms with E-state index < -0.39 is 21.4 Å². The normalized spacial score (nSPS) is 26.7. The monoisotopic (exact) mass is 316 g/mol. The molecule has 0 aliphatic heterocycles. The Kier molecular flexibility index (Phi) is 4.55. The van der Waals surface area contributed by atoms with Crippen LogP contribution in [0.4, 0.5) is 10.1 Å². The van der Waals surface area contributed by atoms with E-state index in [4.69, 9.17) is 5.73 Å². The number of aliphatic hydroxyl groups is 1. The van der Waals surface area contributed by atoms with E-state index in [1.165, 1.54) is 6.07 Å². The molecule has 0 unspecified atom stereocenters. The summed E-state index contributed by atoms with van der Waals surface area (Å²) in [7, 11) is -3.84. The molecule has 1 aliphatic carbocycles. The Bertz CT molecular complexity index is 611. The zero-order chi connectivity index (χ0) is 15.7. The molecule has 4 N–H and O–H groups in total. The molecule has 0 radical (unpaired) electrons. The standard InChI is InChI=1S/C14H21FN2O3S/c1-10-4-6-14(9-18,7-5-10)17-21(19,20)11-2-3-12(15)13(16)8-11/h2-3,8,10,17-18H,4-7,9,16H2,1H3. The number of benzene rings is 1. The van der Waals surface area contributed by atoms with Crippen molar-refractivity contribution in [1.82, 2.24) is 4.72 Å². The van der Waals surface area contributed by atoms with Gasteiger partial charge >= 0.3 is 0 Å². The number of hydrogen-bond acceptors (Lipinski definition) is 4. The minimum absolute atomic E-state index is 0.0900. The first-order valence-electron chi connectivity index (χ1n) is 6.98. The number of rotatable bonds is 4. The molecule has 1 aliphatic rings. The molecule has 7 heteroatoms. The van der Waals surface area contributed by atoms with Crippen LogP contribution in [0.15, 0.2) is 23.1 Å². The molecule has 2 rings (SSSR count). The highest BCUT2D eigenvalue weighted by Crippen LogP contribution is 2.33. The van der Waals surface area contributed by atoms with Crippen molar-refractivity contribution in [1.29, 1.82) is 0 Å². The first kappa shape index (κ1) is 16.2. The lowest BCUT2D eigenvalue weighted by molar-refractivity contribution is 0.125. The molecule has 118 valence electrons. The van der Waals surface area contributed by atoms with Gasteiger partial charge in [0, 0.05) is 0 Å². The number of aliphatic hydroxyl groups excluding tert-OH is 1. The minimum Gasteiger partial charge on any atom is -0.396 e. The zero-order valence-corrected chi connectivity index (χ0v) is 12.8. The third kappa shape index (κ3) is 3.53. The number of nitrogens with one attached hydrogen (secondary N) is 1. The van der Waals surface area contributed by atoms with Crippen molar-refractivity contribution in [3.8, 4) is 0 Å². The second-order valence-electron chi connectivity index (χ2n) is 5.91. The van der Waals surface area contributed by atoms with Crippen LogP contribution >= 0.6 is 0 Å². The van der Waals surface area contributed by atoms with Gasteiger partial charge in [-0.3, -0.25) is 0 Å². The molecule has 0 bridgehead atoms. The van der Waals surface area contributed by atoms with Gasteiger partial charge in [0.1, 0.15) is 5.82 Å². The maximum absolute atomic E-state index is 13.1. The van der Waals surface area contributed by atoms with Crippen LogP contribution in [0.1, 0.15) is 32.6 Å². The highest BCUT2D eigenvalue weighted by Gasteiger charge is 2.37. The SMILES string of the molecule is CC1CCC(CO)(NS(=O)(=O)c2ccc(F)c(N)c2)CC1. The number of sulfonamides is 1. The summed E-state index contributed by atoms with van der Waals surface area (Å²) >= 11 is 0. The van der Waals surface area contributed by atoms with Crippen LogP contribution in [0.3, 0.4) is 0 Å². The Hall–Kier alpha value is -1.18. The van der Waals surface area contributed by atoms with E-state index in [2.05, 4.69) is 11.6 Å². The van der Waals surface area contributed by atoms with Crippen molar-refractivity contribution in [3.05, 3.63) is 24.0 Å². The van der Waals surface area contributed by atoms with Crippen molar-refractivity contribution in [2.75, 3.05) is 12.3 Å². The second-order valence-corrected chi connectivity index (χ2v) is 7.59. The molecule has 0 saturated heterocycles. The smallest absolute Gasteiger partial charge is 0.241 e. The molecule has 1 aromatic rings. The molecule has 1 saturated carbocycles. The lowest BCUT2D eigenvalue weighted by Gasteiger charge is -2.38. The quantitative estimate of drug-likeness (QED) is 0.736. The molecule has 1 fully saturated rings. The van der Waals surface area contributed by atoms with Crippen LogP contribution in [0.2, 0.25) is 0 Å².